The highest BCUT2D eigenvalue weighted by Gasteiger charge is 2.34. The normalized spacial score (nSPS) is 32.7. The molecular formula is C18H33N3O2. The predicted molar refractivity (Wildman–Crippen MR) is 91.4 cm³/mol. The summed E-state index contributed by atoms with van der Waals surface area (Å²) in [5, 5.41) is 7.28. The van der Waals surface area contributed by atoms with E-state index in [1.54, 1.807) is 0 Å². The van der Waals surface area contributed by atoms with Crippen molar-refractivity contribution in [2.45, 2.75) is 63.5 Å². The summed E-state index contributed by atoms with van der Waals surface area (Å²) in [5.41, 5.74) is 0. The summed E-state index contributed by atoms with van der Waals surface area (Å²) >= 11 is 0. The maximum Gasteiger partial charge on any atom is 0.223 e. The fourth-order valence-electron chi connectivity index (χ4n) is 4.43. The first-order chi connectivity index (χ1) is 11.3. The van der Waals surface area contributed by atoms with Crippen molar-refractivity contribution in [1.82, 2.24) is 15.5 Å². The summed E-state index contributed by atoms with van der Waals surface area (Å²) < 4.78 is 5.63. The molecule has 3 fully saturated rings. The van der Waals surface area contributed by atoms with Crippen molar-refractivity contribution in [3.05, 3.63) is 0 Å². The van der Waals surface area contributed by atoms with Gasteiger partial charge in [0.15, 0.2) is 0 Å². The minimum Gasteiger partial charge on any atom is -0.379 e. The Bertz CT molecular complexity index is 363. The fourth-order valence-corrected chi connectivity index (χ4v) is 4.43. The summed E-state index contributed by atoms with van der Waals surface area (Å²) in [6.07, 6.45) is 9.37. The maximum absolute atomic E-state index is 12.4. The van der Waals surface area contributed by atoms with Crippen molar-refractivity contribution in [3.8, 4) is 0 Å². The Morgan fingerprint density at radius 1 is 1.13 bits per heavy atom. The van der Waals surface area contributed by atoms with E-state index in [0.717, 1.165) is 39.4 Å². The van der Waals surface area contributed by atoms with Gasteiger partial charge in [-0.1, -0.05) is 19.3 Å². The molecule has 2 heterocycles. The lowest BCUT2D eigenvalue weighted by Crippen LogP contribution is -2.51. The van der Waals surface area contributed by atoms with Crippen molar-refractivity contribution in [2.75, 3.05) is 39.4 Å². The van der Waals surface area contributed by atoms with Gasteiger partial charge in [-0.3, -0.25) is 4.79 Å². The number of hydrogen-bond donors (Lipinski definition) is 2. The molecule has 3 unspecified atom stereocenters. The first kappa shape index (κ1) is 17.2. The number of ether oxygens (including phenoxy) is 1. The van der Waals surface area contributed by atoms with Gasteiger partial charge in [0, 0.05) is 44.7 Å². The van der Waals surface area contributed by atoms with Crippen LogP contribution in [-0.4, -0.2) is 62.3 Å². The third-order valence-electron chi connectivity index (χ3n) is 5.74. The fraction of sp³-hybridized carbons (Fsp3) is 0.944. The van der Waals surface area contributed by atoms with Gasteiger partial charge < -0.3 is 20.3 Å². The molecule has 1 amide bonds. The number of nitrogens with zero attached hydrogens (tertiary/aromatic N) is 1. The molecule has 0 aromatic rings. The van der Waals surface area contributed by atoms with Gasteiger partial charge in [0.2, 0.25) is 5.91 Å². The molecule has 0 aromatic heterocycles. The summed E-state index contributed by atoms with van der Waals surface area (Å²) in [6.45, 7) is 5.41. The lowest BCUT2D eigenvalue weighted by atomic mass is 9.94. The van der Waals surface area contributed by atoms with Crippen LogP contribution in [0, 0.1) is 5.92 Å². The highest BCUT2D eigenvalue weighted by atomic mass is 16.5. The molecule has 23 heavy (non-hydrogen) atoms. The van der Waals surface area contributed by atoms with Gasteiger partial charge in [-0.15, -0.1) is 0 Å². The van der Waals surface area contributed by atoms with E-state index in [4.69, 9.17) is 4.74 Å². The zero-order chi connectivity index (χ0) is 15.9. The van der Waals surface area contributed by atoms with Crippen molar-refractivity contribution < 1.29 is 9.53 Å². The Morgan fingerprint density at radius 3 is 2.70 bits per heavy atom. The quantitative estimate of drug-likeness (QED) is 0.806. The second kappa shape index (κ2) is 9.00. The monoisotopic (exact) mass is 323 g/mol. The Labute approximate surface area is 140 Å². The van der Waals surface area contributed by atoms with Crippen LogP contribution in [0.4, 0.5) is 0 Å². The number of likely N-dealkylation sites (tertiary alicyclic amines) is 1. The Balaban J connectivity index is 1.39. The van der Waals surface area contributed by atoms with Gasteiger partial charge >= 0.3 is 0 Å². The van der Waals surface area contributed by atoms with Crippen LogP contribution >= 0.6 is 0 Å². The lowest BCUT2D eigenvalue weighted by Gasteiger charge is -2.33. The minimum absolute atomic E-state index is 0.341. The van der Waals surface area contributed by atoms with Gasteiger partial charge in [-0.25, -0.2) is 0 Å². The van der Waals surface area contributed by atoms with E-state index in [-0.39, 0.29) is 0 Å². The van der Waals surface area contributed by atoms with E-state index in [2.05, 4.69) is 15.5 Å². The molecule has 5 nitrogen and oxygen atoms in total. The van der Waals surface area contributed by atoms with E-state index in [9.17, 15) is 4.79 Å². The zero-order valence-corrected chi connectivity index (χ0v) is 14.4. The number of amides is 1. The molecule has 3 rings (SSSR count). The first-order valence-corrected chi connectivity index (χ1v) is 9.67. The summed E-state index contributed by atoms with van der Waals surface area (Å²) in [6, 6.07) is 1.04. The number of carbonyl (C=O) groups excluding carboxylic acids is 1. The second-order valence-electron chi connectivity index (χ2n) is 7.34. The van der Waals surface area contributed by atoms with Crippen molar-refractivity contribution >= 4 is 5.91 Å². The summed E-state index contributed by atoms with van der Waals surface area (Å²) in [7, 11) is 0. The van der Waals surface area contributed by atoms with Crippen molar-refractivity contribution in [1.29, 1.82) is 0 Å². The van der Waals surface area contributed by atoms with Gasteiger partial charge in [0.05, 0.1) is 13.2 Å². The van der Waals surface area contributed by atoms with Crippen LogP contribution in [0.25, 0.3) is 0 Å². The van der Waals surface area contributed by atoms with E-state index < -0.39 is 0 Å². The largest absolute Gasteiger partial charge is 0.379 e. The van der Waals surface area contributed by atoms with Crippen LogP contribution in [-0.2, 0) is 9.53 Å². The molecular weight excluding hydrogens is 290 g/mol. The molecule has 1 aliphatic carbocycles. The average Bonchev–Trinajstić information content (AvgIpc) is 2.88. The Hall–Kier alpha value is -0.650. The molecule has 2 N–H and O–H groups in total. The molecule has 2 aliphatic heterocycles. The molecule has 1 saturated carbocycles. The smallest absolute Gasteiger partial charge is 0.223 e. The minimum atomic E-state index is 0.341. The van der Waals surface area contributed by atoms with Crippen LogP contribution in [0.2, 0.25) is 0 Å². The van der Waals surface area contributed by atoms with E-state index in [1.807, 2.05) is 0 Å². The predicted octanol–water partition coefficient (Wildman–Crippen LogP) is 1.53. The molecule has 3 atom stereocenters. The topological polar surface area (TPSA) is 53.6 Å². The molecule has 0 radical (unpaired) electrons. The Kier molecular flexibility index (Phi) is 6.72. The van der Waals surface area contributed by atoms with Crippen LogP contribution in [0.3, 0.4) is 0 Å². The molecule has 0 spiro atoms. The van der Waals surface area contributed by atoms with Crippen LogP contribution in [0.15, 0.2) is 0 Å². The number of carbonyl (C=O) groups is 1. The summed E-state index contributed by atoms with van der Waals surface area (Å²) in [4.78, 5) is 14.4. The van der Waals surface area contributed by atoms with Crippen LogP contribution in [0.1, 0.15) is 51.4 Å². The number of rotatable bonds is 5. The molecule has 3 aliphatic rings. The molecule has 0 aromatic carbocycles. The van der Waals surface area contributed by atoms with Crippen molar-refractivity contribution in [2.24, 2.45) is 5.92 Å². The van der Waals surface area contributed by atoms with E-state index >= 15 is 0 Å². The molecule has 2 saturated heterocycles. The number of nitrogens with one attached hydrogen (secondary N) is 2. The maximum atomic E-state index is 12.4. The Morgan fingerprint density at radius 2 is 1.96 bits per heavy atom. The van der Waals surface area contributed by atoms with E-state index in [0.29, 0.717) is 30.3 Å². The van der Waals surface area contributed by atoms with Crippen LogP contribution < -0.4 is 10.6 Å². The highest BCUT2D eigenvalue weighted by molar-refractivity contribution is 5.76. The number of morpholine rings is 1. The zero-order valence-electron chi connectivity index (χ0n) is 14.4. The van der Waals surface area contributed by atoms with Gasteiger partial charge in [-0.2, -0.15) is 0 Å². The summed E-state index contributed by atoms with van der Waals surface area (Å²) in [5.74, 6) is 0.997. The third-order valence-corrected chi connectivity index (χ3v) is 5.74. The van der Waals surface area contributed by atoms with Crippen LogP contribution in [0.5, 0.6) is 0 Å². The van der Waals surface area contributed by atoms with E-state index in [1.165, 1.54) is 44.9 Å². The molecule has 5 heteroatoms. The molecule has 0 bridgehead atoms. The second-order valence-corrected chi connectivity index (χ2v) is 7.34. The molecule has 132 valence electrons. The third kappa shape index (κ3) is 4.91. The van der Waals surface area contributed by atoms with Gasteiger partial charge in [0.25, 0.3) is 0 Å². The first-order valence-electron chi connectivity index (χ1n) is 9.67. The SMILES string of the molecule is O=C(CCNC1CCCC1C1COCCN1)N1CCCCCC1. The van der Waals surface area contributed by atoms with Crippen molar-refractivity contribution in [3.63, 3.8) is 0 Å². The highest BCUT2D eigenvalue weighted by Crippen LogP contribution is 2.29. The van der Waals surface area contributed by atoms with Gasteiger partial charge in [0.1, 0.15) is 0 Å². The average molecular weight is 323 g/mol. The number of hydrogen-bond acceptors (Lipinski definition) is 4. The van der Waals surface area contributed by atoms with Gasteiger partial charge in [-0.05, 0) is 31.6 Å². The standard InChI is InChI=1S/C18H33N3O2/c22-18(21-11-3-1-2-4-12-21)8-9-19-16-7-5-6-15(16)17-14-23-13-10-20-17/h15-17,19-20H,1-14H2. The lowest BCUT2D eigenvalue weighted by molar-refractivity contribution is -0.131.